The van der Waals surface area contributed by atoms with E-state index < -0.39 is 40.0 Å². The van der Waals surface area contributed by atoms with Crippen molar-refractivity contribution in [1.82, 2.24) is 0 Å². The van der Waals surface area contributed by atoms with Gasteiger partial charge in [0.15, 0.2) is 0 Å². The Labute approximate surface area is 137 Å². The van der Waals surface area contributed by atoms with Gasteiger partial charge < -0.3 is 9.29 Å². The van der Waals surface area contributed by atoms with Crippen LogP contribution in [0.2, 0.25) is 0 Å². The molecular formula is C14H17F5O4S. The van der Waals surface area contributed by atoms with Crippen molar-refractivity contribution < 1.29 is 40.2 Å². The van der Waals surface area contributed by atoms with Crippen LogP contribution >= 0.6 is 0 Å². The highest BCUT2D eigenvalue weighted by molar-refractivity contribution is 7.80. The van der Waals surface area contributed by atoms with E-state index in [2.05, 4.69) is 4.74 Å². The number of ether oxygens (including phenoxy) is 1. The van der Waals surface area contributed by atoms with E-state index in [0.29, 0.717) is 19.3 Å². The topological polar surface area (TPSA) is 63.6 Å². The molecule has 0 aliphatic heterocycles. The van der Waals surface area contributed by atoms with Gasteiger partial charge in [-0.05, 0) is 56.3 Å². The lowest BCUT2D eigenvalue weighted by atomic mass is 9.49. The second-order valence-corrected chi connectivity index (χ2v) is 8.38. The highest BCUT2D eigenvalue weighted by Gasteiger charge is 2.64. The number of esters is 1. The van der Waals surface area contributed by atoms with Crippen molar-refractivity contribution in [3.8, 4) is 0 Å². The third kappa shape index (κ3) is 2.95. The van der Waals surface area contributed by atoms with Crippen molar-refractivity contribution in [2.24, 2.45) is 23.2 Å². The minimum absolute atomic E-state index is 0.209. The van der Waals surface area contributed by atoms with Gasteiger partial charge in [0.25, 0.3) is 6.10 Å². The van der Waals surface area contributed by atoms with Gasteiger partial charge in [0.2, 0.25) is 11.1 Å². The van der Waals surface area contributed by atoms with Crippen molar-refractivity contribution in [2.75, 3.05) is 0 Å². The molecule has 0 aromatic heterocycles. The monoisotopic (exact) mass is 376 g/mol. The Kier molecular flexibility index (Phi) is 4.22. The molecule has 24 heavy (non-hydrogen) atoms. The predicted molar refractivity (Wildman–Crippen MR) is 72.3 cm³/mol. The summed E-state index contributed by atoms with van der Waals surface area (Å²) >= 11 is -4.11. The molecule has 0 heterocycles. The molecule has 2 unspecified atom stereocenters. The summed E-state index contributed by atoms with van der Waals surface area (Å²) in [7, 11) is 0. The fourth-order valence-electron chi connectivity index (χ4n) is 5.01. The maximum Gasteiger partial charge on any atom is 0.432 e. The van der Waals surface area contributed by atoms with Gasteiger partial charge >= 0.3 is 17.4 Å². The first-order valence-electron chi connectivity index (χ1n) is 7.70. The lowest BCUT2D eigenvalue weighted by Gasteiger charge is -2.55. The molecule has 0 spiro atoms. The number of alkyl halides is 5. The number of hydrogen-bond donors (Lipinski definition) is 1. The number of halogens is 5. The van der Waals surface area contributed by atoms with Crippen LogP contribution in [0.25, 0.3) is 0 Å². The van der Waals surface area contributed by atoms with E-state index in [9.17, 15) is 31.0 Å². The van der Waals surface area contributed by atoms with Crippen molar-refractivity contribution >= 4 is 17.0 Å². The molecule has 4 rings (SSSR count). The van der Waals surface area contributed by atoms with Gasteiger partial charge in [-0.3, -0.25) is 4.79 Å². The summed E-state index contributed by atoms with van der Waals surface area (Å²) in [4.78, 5) is 12.4. The van der Waals surface area contributed by atoms with Crippen LogP contribution in [0.5, 0.6) is 0 Å². The van der Waals surface area contributed by atoms with E-state index >= 15 is 0 Å². The highest BCUT2D eigenvalue weighted by atomic mass is 32.2. The van der Waals surface area contributed by atoms with Gasteiger partial charge in [-0.2, -0.15) is 22.0 Å². The fourth-order valence-corrected chi connectivity index (χ4v) is 5.38. The van der Waals surface area contributed by atoms with Gasteiger partial charge in [0, 0.05) is 0 Å². The average Bonchev–Trinajstić information content (AvgIpc) is 2.41. The van der Waals surface area contributed by atoms with Crippen molar-refractivity contribution in [2.45, 2.75) is 56.1 Å². The van der Waals surface area contributed by atoms with Crippen LogP contribution in [0.1, 0.15) is 38.5 Å². The van der Waals surface area contributed by atoms with Crippen LogP contribution in [0.15, 0.2) is 0 Å². The molecule has 4 aliphatic rings. The molecule has 1 N–H and O–H groups in total. The van der Waals surface area contributed by atoms with E-state index in [0.717, 1.165) is 19.3 Å². The zero-order chi connectivity index (χ0) is 17.9. The number of carbonyl (C=O) groups excluding carboxylic acids is 1. The largest absolute Gasteiger partial charge is 0.444 e. The molecule has 4 aliphatic carbocycles. The zero-order valence-corrected chi connectivity index (χ0v) is 13.3. The smallest absolute Gasteiger partial charge is 0.432 e. The molecule has 0 aromatic rings. The Morgan fingerprint density at radius 3 is 1.79 bits per heavy atom. The third-order valence-electron chi connectivity index (χ3n) is 5.53. The summed E-state index contributed by atoms with van der Waals surface area (Å²) in [5.74, 6) is -0.684. The van der Waals surface area contributed by atoms with Crippen molar-refractivity contribution in [3.63, 3.8) is 0 Å². The van der Waals surface area contributed by atoms with Crippen LogP contribution in [0.3, 0.4) is 0 Å². The first kappa shape index (κ1) is 18.0. The maximum atomic E-state index is 13.5. The molecule has 0 amide bonds. The second kappa shape index (κ2) is 5.62. The Morgan fingerprint density at radius 2 is 1.46 bits per heavy atom. The minimum Gasteiger partial charge on any atom is -0.444 e. The van der Waals surface area contributed by atoms with Gasteiger partial charge in [-0.15, -0.1) is 0 Å². The second-order valence-electron chi connectivity index (χ2n) is 7.34. The van der Waals surface area contributed by atoms with E-state index in [1.807, 2.05) is 0 Å². The summed E-state index contributed by atoms with van der Waals surface area (Å²) < 4.78 is 89.0. The average molecular weight is 376 g/mol. The molecule has 4 nitrogen and oxygen atoms in total. The molecular weight excluding hydrogens is 359 g/mol. The SMILES string of the molecule is O=C(OC(C(F)(F)F)C(F)(F)S(=O)O)C12CC3CC(CC(C3)C1)C2. The lowest BCUT2D eigenvalue weighted by molar-refractivity contribution is -0.265. The van der Waals surface area contributed by atoms with Gasteiger partial charge in [0.05, 0.1) is 5.41 Å². The number of hydrogen-bond acceptors (Lipinski definition) is 3. The van der Waals surface area contributed by atoms with Crippen LogP contribution < -0.4 is 0 Å². The van der Waals surface area contributed by atoms with Gasteiger partial charge in [-0.25, -0.2) is 4.21 Å². The number of carbonyl (C=O) groups is 1. The first-order chi connectivity index (χ1) is 10.9. The quantitative estimate of drug-likeness (QED) is 0.464. The van der Waals surface area contributed by atoms with Crippen molar-refractivity contribution in [3.05, 3.63) is 0 Å². The Morgan fingerprint density at radius 1 is 1.04 bits per heavy atom. The Bertz CT molecular complexity index is 527. The molecule has 4 fully saturated rings. The molecule has 2 atom stereocenters. The van der Waals surface area contributed by atoms with Crippen molar-refractivity contribution in [1.29, 1.82) is 0 Å². The molecule has 0 radical (unpaired) electrons. The highest BCUT2D eigenvalue weighted by Crippen LogP contribution is 2.60. The van der Waals surface area contributed by atoms with Crippen LogP contribution in [0.4, 0.5) is 22.0 Å². The summed E-state index contributed by atoms with van der Waals surface area (Å²) in [6, 6.07) is 0. The molecule has 4 bridgehead atoms. The Balaban J connectivity index is 1.83. The van der Waals surface area contributed by atoms with E-state index in [1.54, 1.807) is 0 Å². The third-order valence-corrected chi connectivity index (χ3v) is 6.21. The first-order valence-corrected chi connectivity index (χ1v) is 8.81. The summed E-state index contributed by atoms with van der Waals surface area (Å²) in [6.07, 6.45) is -5.80. The molecule has 0 aromatic carbocycles. The predicted octanol–water partition coefficient (Wildman–Crippen LogP) is 3.49. The van der Waals surface area contributed by atoms with Gasteiger partial charge in [-0.1, -0.05) is 0 Å². The fraction of sp³-hybridized carbons (Fsp3) is 0.929. The zero-order valence-electron chi connectivity index (χ0n) is 12.5. The summed E-state index contributed by atoms with van der Waals surface area (Å²) in [6.45, 7) is 0. The molecule has 4 saturated carbocycles. The number of rotatable bonds is 4. The normalized spacial score (nSPS) is 38.0. The van der Waals surface area contributed by atoms with E-state index in [1.165, 1.54) is 0 Å². The molecule has 138 valence electrons. The van der Waals surface area contributed by atoms with Gasteiger partial charge in [0.1, 0.15) is 0 Å². The maximum absolute atomic E-state index is 13.5. The Hall–Kier alpha value is -0.770. The van der Waals surface area contributed by atoms with Crippen LogP contribution in [-0.4, -0.2) is 32.3 Å². The summed E-state index contributed by atoms with van der Waals surface area (Å²) in [5, 5.41) is -5.11. The minimum atomic E-state index is -5.64. The molecule has 10 heteroatoms. The van der Waals surface area contributed by atoms with E-state index in [-0.39, 0.29) is 17.8 Å². The van der Waals surface area contributed by atoms with Crippen LogP contribution in [0, 0.1) is 23.2 Å². The lowest BCUT2D eigenvalue weighted by Crippen LogP contribution is -2.55. The standard InChI is InChI=1S/C14H17F5O4S/c15-13(16,17)10(14(18,19)24(21)22)23-11(20)12-4-7-1-8(5-12)3-9(2-7)6-12/h7-10H,1-6H2,(H,21,22). The summed E-state index contributed by atoms with van der Waals surface area (Å²) in [5.41, 5.74) is -1.16. The van der Waals surface area contributed by atoms with Crippen LogP contribution in [-0.2, 0) is 20.6 Å². The molecule has 0 saturated heterocycles. The van der Waals surface area contributed by atoms with E-state index in [4.69, 9.17) is 4.55 Å².